The van der Waals surface area contributed by atoms with Gasteiger partial charge in [-0.05, 0) is 55.7 Å². The van der Waals surface area contributed by atoms with E-state index in [1.165, 1.54) is 16.8 Å². The summed E-state index contributed by atoms with van der Waals surface area (Å²) < 4.78 is 67.9. The van der Waals surface area contributed by atoms with Gasteiger partial charge in [0.1, 0.15) is 5.69 Å². The van der Waals surface area contributed by atoms with E-state index in [0.29, 0.717) is 22.4 Å². The maximum Gasteiger partial charge on any atom is 0.390 e. The Labute approximate surface area is 225 Å². The number of carbonyl (C=O) groups is 2. The van der Waals surface area contributed by atoms with Gasteiger partial charge >= 0.3 is 6.18 Å². The maximum atomic E-state index is 14.4. The third kappa shape index (κ3) is 5.38. The minimum absolute atomic E-state index is 0.0558. The molecule has 1 fully saturated rings. The second-order valence-electron chi connectivity index (χ2n) is 9.72. The van der Waals surface area contributed by atoms with Gasteiger partial charge in [0.15, 0.2) is 17.3 Å². The molecule has 1 aliphatic carbocycles. The molecule has 2 aromatic heterocycles. The monoisotopic (exact) mass is 557 g/mol. The maximum absolute atomic E-state index is 14.4. The number of carbonyl (C=O) groups excluding carboxylic acids is 2. The molecule has 2 aromatic carbocycles. The van der Waals surface area contributed by atoms with E-state index in [1.807, 2.05) is 0 Å². The first-order valence-electron chi connectivity index (χ1n) is 12.5. The minimum Gasteiger partial charge on any atom is -0.382 e. The lowest BCUT2D eigenvalue weighted by Crippen LogP contribution is -2.29. The van der Waals surface area contributed by atoms with Gasteiger partial charge in [-0.1, -0.05) is 12.1 Å². The van der Waals surface area contributed by atoms with E-state index < -0.39 is 42.1 Å². The summed E-state index contributed by atoms with van der Waals surface area (Å²) in [5.74, 6) is -3.66. The van der Waals surface area contributed by atoms with E-state index >= 15 is 0 Å². The van der Waals surface area contributed by atoms with Crippen LogP contribution in [0.3, 0.4) is 0 Å². The normalized spacial score (nSPS) is 13.5. The van der Waals surface area contributed by atoms with Crippen molar-refractivity contribution in [3.63, 3.8) is 0 Å². The lowest BCUT2D eigenvalue weighted by molar-refractivity contribution is -0.131. The number of amides is 1. The third-order valence-electron chi connectivity index (χ3n) is 6.79. The van der Waals surface area contributed by atoms with Crippen molar-refractivity contribution in [2.45, 2.75) is 38.4 Å². The first kappa shape index (κ1) is 27.2. The molecule has 40 heavy (non-hydrogen) atoms. The summed E-state index contributed by atoms with van der Waals surface area (Å²) >= 11 is 0. The van der Waals surface area contributed by atoms with Crippen molar-refractivity contribution in [2.75, 3.05) is 18.9 Å². The van der Waals surface area contributed by atoms with E-state index in [9.17, 15) is 31.5 Å². The first-order valence-corrected chi connectivity index (χ1v) is 12.5. The number of aromatic nitrogens is 3. The van der Waals surface area contributed by atoms with Crippen LogP contribution in [-0.2, 0) is 0 Å². The number of anilines is 1. The molecule has 208 valence electrons. The number of alkyl halides is 3. The van der Waals surface area contributed by atoms with Crippen LogP contribution in [0.2, 0.25) is 0 Å². The van der Waals surface area contributed by atoms with Crippen molar-refractivity contribution in [1.29, 1.82) is 0 Å². The Morgan fingerprint density at radius 2 is 1.85 bits per heavy atom. The van der Waals surface area contributed by atoms with E-state index in [1.54, 1.807) is 37.1 Å². The van der Waals surface area contributed by atoms with Crippen LogP contribution in [0.25, 0.3) is 16.9 Å². The lowest BCUT2D eigenvalue weighted by atomic mass is 10.0. The standard InChI is InChI=1S/C28H24F5N5O2/c1-15-12-16(6-9-18(15)27(40)37(2)17-7-8-17)23-14-35-26-22(34-11-10-28(31,32)33)13-21(36-38(23)26)25(39)19-4-3-5-20(29)24(19)30/h3-6,9,12-14,17,34H,7-8,10-11H2,1-2H3. The molecule has 2 heterocycles. The molecular formula is C28H24F5N5O2. The summed E-state index contributed by atoms with van der Waals surface area (Å²) in [6.07, 6.45) is -2.22. The van der Waals surface area contributed by atoms with E-state index in [4.69, 9.17) is 0 Å². The van der Waals surface area contributed by atoms with E-state index in [2.05, 4.69) is 15.4 Å². The topological polar surface area (TPSA) is 79.6 Å². The number of rotatable bonds is 8. The molecule has 0 unspecified atom stereocenters. The molecular weight excluding hydrogens is 533 g/mol. The smallest absolute Gasteiger partial charge is 0.382 e. The van der Waals surface area contributed by atoms with Crippen LogP contribution in [0, 0.1) is 18.6 Å². The fourth-order valence-electron chi connectivity index (χ4n) is 4.44. The summed E-state index contributed by atoms with van der Waals surface area (Å²) in [5, 5.41) is 6.93. The Balaban J connectivity index is 1.57. The number of hydrogen-bond acceptors (Lipinski definition) is 5. The molecule has 0 atom stereocenters. The lowest BCUT2D eigenvalue weighted by Gasteiger charge is -2.18. The molecule has 5 rings (SSSR count). The van der Waals surface area contributed by atoms with Gasteiger partial charge in [0.2, 0.25) is 5.78 Å². The molecule has 0 bridgehead atoms. The molecule has 0 spiro atoms. The number of halogens is 5. The van der Waals surface area contributed by atoms with E-state index in [0.717, 1.165) is 31.0 Å². The summed E-state index contributed by atoms with van der Waals surface area (Å²) in [5.41, 5.74) is 1.43. The van der Waals surface area contributed by atoms with Gasteiger partial charge in [-0.25, -0.2) is 18.3 Å². The van der Waals surface area contributed by atoms with Gasteiger partial charge in [-0.3, -0.25) is 9.59 Å². The zero-order valence-electron chi connectivity index (χ0n) is 21.5. The molecule has 12 heteroatoms. The van der Waals surface area contributed by atoms with Crippen molar-refractivity contribution >= 4 is 23.0 Å². The summed E-state index contributed by atoms with van der Waals surface area (Å²) in [6.45, 7) is 1.26. The largest absolute Gasteiger partial charge is 0.390 e. The average molecular weight is 558 g/mol. The van der Waals surface area contributed by atoms with Crippen molar-refractivity contribution in [1.82, 2.24) is 19.5 Å². The Morgan fingerprint density at radius 3 is 2.52 bits per heavy atom. The number of aryl methyl sites for hydroxylation is 1. The van der Waals surface area contributed by atoms with Crippen LogP contribution in [-0.4, -0.2) is 57.0 Å². The van der Waals surface area contributed by atoms with Gasteiger partial charge in [0, 0.05) is 30.8 Å². The highest BCUT2D eigenvalue weighted by atomic mass is 19.4. The SMILES string of the molecule is Cc1cc(-c2cnc3c(NCCC(F)(F)F)cc(C(=O)c4cccc(F)c4F)nn23)ccc1C(=O)N(C)C1CC1. The molecule has 4 aromatic rings. The first-order chi connectivity index (χ1) is 18.9. The van der Waals surface area contributed by atoms with Crippen LogP contribution < -0.4 is 5.32 Å². The number of benzene rings is 2. The van der Waals surface area contributed by atoms with Gasteiger partial charge in [-0.2, -0.15) is 18.3 Å². The Morgan fingerprint density at radius 1 is 1.10 bits per heavy atom. The highest BCUT2D eigenvalue weighted by molar-refractivity contribution is 6.08. The van der Waals surface area contributed by atoms with Gasteiger partial charge < -0.3 is 10.2 Å². The Hall–Kier alpha value is -4.35. The third-order valence-corrected chi connectivity index (χ3v) is 6.79. The van der Waals surface area contributed by atoms with Crippen LogP contribution >= 0.6 is 0 Å². The fraction of sp³-hybridized carbons (Fsp3) is 0.286. The van der Waals surface area contributed by atoms with Gasteiger partial charge in [0.25, 0.3) is 5.91 Å². The van der Waals surface area contributed by atoms with Crippen LogP contribution in [0.4, 0.5) is 27.6 Å². The zero-order valence-corrected chi connectivity index (χ0v) is 21.5. The molecule has 1 N–H and O–H groups in total. The Bertz CT molecular complexity index is 1630. The molecule has 1 amide bonds. The second-order valence-corrected chi connectivity index (χ2v) is 9.72. The molecule has 0 aliphatic heterocycles. The van der Waals surface area contributed by atoms with Gasteiger partial charge in [0.05, 0.1) is 29.6 Å². The molecule has 0 saturated heterocycles. The highest BCUT2D eigenvalue weighted by Gasteiger charge is 2.31. The summed E-state index contributed by atoms with van der Waals surface area (Å²) in [4.78, 5) is 32.1. The Kier molecular flexibility index (Phi) is 7.03. The summed E-state index contributed by atoms with van der Waals surface area (Å²) in [6, 6.07) is 9.62. The fourth-order valence-corrected chi connectivity index (χ4v) is 4.44. The highest BCUT2D eigenvalue weighted by Crippen LogP contribution is 2.30. The van der Waals surface area contributed by atoms with Crippen molar-refractivity contribution in [3.8, 4) is 11.3 Å². The van der Waals surface area contributed by atoms with Crippen LogP contribution in [0.15, 0.2) is 48.7 Å². The predicted octanol–water partition coefficient (Wildman–Crippen LogP) is 5.81. The number of imidazole rings is 1. The second kappa shape index (κ2) is 10.3. The number of hydrogen-bond donors (Lipinski definition) is 1. The number of nitrogens with one attached hydrogen (secondary N) is 1. The summed E-state index contributed by atoms with van der Waals surface area (Å²) in [7, 11) is 1.76. The number of fused-ring (bicyclic) bond motifs is 1. The predicted molar refractivity (Wildman–Crippen MR) is 137 cm³/mol. The minimum atomic E-state index is -4.43. The van der Waals surface area contributed by atoms with Crippen molar-refractivity contribution in [2.24, 2.45) is 0 Å². The molecule has 1 aliphatic rings. The van der Waals surface area contributed by atoms with Crippen LogP contribution in [0.5, 0.6) is 0 Å². The van der Waals surface area contributed by atoms with E-state index in [-0.39, 0.29) is 29.0 Å². The van der Waals surface area contributed by atoms with Crippen LogP contribution in [0.1, 0.15) is 51.2 Å². The van der Waals surface area contributed by atoms with Crippen molar-refractivity contribution in [3.05, 3.63) is 82.7 Å². The molecule has 0 radical (unpaired) electrons. The number of nitrogens with zero attached hydrogens (tertiary/aromatic N) is 4. The zero-order chi connectivity index (χ0) is 28.8. The average Bonchev–Trinajstić information content (AvgIpc) is 3.67. The number of ketones is 1. The molecule has 7 nitrogen and oxygen atoms in total. The van der Waals surface area contributed by atoms with Crippen molar-refractivity contribution < 1.29 is 31.5 Å². The van der Waals surface area contributed by atoms with Gasteiger partial charge in [-0.15, -0.1) is 0 Å². The quantitative estimate of drug-likeness (QED) is 0.219. The molecule has 1 saturated carbocycles.